The van der Waals surface area contributed by atoms with Crippen molar-refractivity contribution >= 4 is 123 Å². The van der Waals surface area contributed by atoms with E-state index in [0.29, 0.717) is 13.2 Å². The molecule has 0 spiro atoms. The highest BCUT2D eigenvalue weighted by Gasteiger charge is 2.54. The van der Waals surface area contributed by atoms with E-state index in [-0.39, 0.29) is 22.3 Å². The molecule has 0 amide bonds. The molecule has 9 unspecified atom stereocenters. The van der Waals surface area contributed by atoms with Crippen molar-refractivity contribution in [1.82, 2.24) is 0 Å². The van der Waals surface area contributed by atoms with Gasteiger partial charge in [0.25, 0.3) is 6.36 Å². The lowest BCUT2D eigenvalue weighted by molar-refractivity contribution is -0.230. The fourth-order valence-electron chi connectivity index (χ4n) is 2.52. The fourth-order valence-corrected chi connectivity index (χ4v) is 3.58. The first-order valence-electron chi connectivity index (χ1n) is 14.5. The van der Waals surface area contributed by atoms with E-state index in [2.05, 4.69) is 91.7 Å². The van der Waals surface area contributed by atoms with Gasteiger partial charge in [-0.15, -0.1) is 0 Å². The highest BCUT2D eigenvalue weighted by atomic mass is 127. The van der Waals surface area contributed by atoms with Crippen LogP contribution in [0.4, 0.5) is 73.5 Å². The van der Waals surface area contributed by atoms with Gasteiger partial charge in [-0.3, -0.25) is 0 Å². The second-order valence-corrected chi connectivity index (χ2v) is 13.1. The van der Waals surface area contributed by atoms with Crippen LogP contribution in [0, 0.1) is 0 Å². The third-order valence-electron chi connectivity index (χ3n) is 4.75. The molecular weight excluding hydrogens is 1140 g/mol. The van der Waals surface area contributed by atoms with Crippen LogP contribution >= 0.6 is 73.3 Å². The summed E-state index contributed by atoms with van der Waals surface area (Å²) in [4.78, 5) is 78.9. The van der Waals surface area contributed by atoms with E-state index in [1.807, 2.05) is 22.6 Å². The minimum Gasteiger partial charge on any atom is -0.429 e. The zero-order chi connectivity index (χ0) is 46.7. The SMILES string of the molecule is O=C1OC(Cl)C(Cl)O1.O=C1OC(F)C(F)(F)O1.O=C1OC(F)C(F)O1.O=C1OCC(Br)O1.O=C1OCC(Cl)O1.O=C1OCC(F)(F)O1.O=C1OCC(F)O1.O=C1OCC(I)O1. The number of hydrogen-bond donors (Lipinski definition) is 0. The Morgan fingerprint density at radius 1 is 0.508 bits per heavy atom. The van der Waals surface area contributed by atoms with E-state index in [9.17, 15) is 73.5 Å². The Hall–Kier alpha value is -4.32. The third-order valence-corrected chi connectivity index (χ3v) is 6.79. The molecule has 8 fully saturated rings. The summed E-state index contributed by atoms with van der Waals surface area (Å²) in [7, 11) is 0. The number of alkyl halides is 13. The van der Waals surface area contributed by atoms with Crippen molar-refractivity contribution in [2.24, 2.45) is 0 Å². The van der Waals surface area contributed by atoms with E-state index < -0.39 is 110 Å². The first-order chi connectivity index (χ1) is 28.2. The van der Waals surface area contributed by atoms with Crippen molar-refractivity contribution in [3.63, 3.8) is 0 Å². The summed E-state index contributed by atoms with van der Waals surface area (Å²) in [5.74, 6) is 0. The molecule has 8 heterocycles. The quantitative estimate of drug-likeness (QED) is 0.0795. The Morgan fingerprint density at radius 2 is 0.984 bits per heavy atom. The first-order valence-corrected chi connectivity index (χ1v) is 18.0. The molecule has 0 radical (unpaired) electrons. The van der Waals surface area contributed by atoms with Crippen LogP contribution in [0.25, 0.3) is 0 Å². The summed E-state index contributed by atoms with van der Waals surface area (Å²) in [6.07, 6.45) is -24.4. The van der Waals surface area contributed by atoms with Crippen LogP contribution < -0.4 is 0 Å². The number of carbonyl (C=O) groups excluding carboxylic acids is 8. The molecule has 0 saturated carbocycles. The molecule has 0 aliphatic carbocycles. The maximum atomic E-state index is 11.6. The van der Waals surface area contributed by atoms with Crippen molar-refractivity contribution in [3.8, 4) is 0 Å². The average Bonchev–Trinajstić information content (AvgIpc) is 4.03. The van der Waals surface area contributed by atoms with E-state index in [1.165, 1.54) is 0 Å². The Bertz CT molecular complexity index is 1380. The van der Waals surface area contributed by atoms with Gasteiger partial charge in [-0.1, -0.05) is 34.8 Å². The van der Waals surface area contributed by atoms with Gasteiger partial charge in [-0.25, -0.2) is 38.4 Å². The summed E-state index contributed by atoms with van der Waals surface area (Å²) < 4.78 is 156. The van der Waals surface area contributed by atoms with Gasteiger partial charge in [-0.2, -0.15) is 35.1 Å². The summed E-state index contributed by atoms with van der Waals surface area (Å²) >= 11 is 20.7. The standard InChI is InChI=1S/C3H3BrO3.C3H2Cl2O3.C3H3ClO3.C3HF3O3.2C3H2F2O3.C3H3FO3.C3H3IO3/c4-2-1-6-3(5)7-2;4-1-2(5)8-3(6)7-1;4-2-1-6-3(5)7-2;4-1-3(5,6)9-2(7)8-1;4-3(5)1-7-2(6)8-3;4-1-2(5)8-3(6)7-1;2*4-2-1-6-3(5)7-2/h2H,1H2;1-2H;2H,1H2;1H;1H2;1-2H;2*2H,1H2. The lowest BCUT2D eigenvalue weighted by Crippen LogP contribution is -2.25. The molecule has 350 valence electrons. The van der Waals surface area contributed by atoms with Crippen LogP contribution in [0.2, 0.25) is 0 Å². The second kappa shape index (κ2) is 26.2. The zero-order valence-corrected chi connectivity index (χ0v) is 34.5. The van der Waals surface area contributed by atoms with Gasteiger partial charge in [-0.05, 0) is 38.5 Å². The molecule has 0 aromatic rings. The number of halogens is 13. The number of cyclic esters (lactones) is 16. The number of hydrogen-bond acceptors (Lipinski definition) is 24. The van der Waals surface area contributed by atoms with Gasteiger partial charge in [0.15, 0.2) is 22.3 Å². The van der Waals surface area contributed by atoms with Gasteiger partial charge in [0.2, 0.25) is 16.7 Å². The van der Waals surface area contributed by atoms with Crippen LogP contribution in [0.1, 0.15) is 0 Å². The monoisotopic (exact) mass is 1150 g/mol. The number of rotatable bonds is 0. The fraction of sp³-hybridized carbons (Fsp3) is 0.667. The molecular formula is C24H19BrCl3F8IO24. The predicted molar refractivity (Wildman–Crippen MR) is 174 cm³/mol. The maximum absolute atomic E-state index is 11.6. The lowest BCUT2D eigenvalue weighted by Gasteiger charge is -2.03. The van der Waals surface area contributed by atoms with Crippen LogP contribution in [0.3, 0.4) is 0 Å². The van der Waals surface area contributed by atoms with Crippen molar-refractivity contribution < 1.29 is 149 Å². The Balaban J connectivity index is 0.000000349. The molecule has 0 N–H and O–H groups in total. The van der Waals surface area contributed by atoms with E-state index >= 15 is 0 Å². The molecule has 8 aliphatic heterocycles. The molecule has 37 heteroatoms. The second-order valence-electron chi connectivity index (χ2n) is 9.36. The van der Waals surface area contributed by atoms with Crippen molar-refractivity contribution in [2.45, 2.75) is 63.5 Å². The molecule has 8 saturated heterocycles. The highest BCUT2D eigenvalue weighted by Crippen LogP contribution is 2.30. The van der Waals surface area contributed by atoms with E-state index in [4.69, 9.17) is 34.8 Å². The molecule has 8 aliphatic rings. The Kier molecular flexibility index (Phi) is 23.5. The normalized spacial score (nSPS) is 30.9. The minimum atomic E-state index is -4.11. The predicted octanol–water partition coefficient (Wildman–Crippen LogP) is 6.77. The van der Waals surface area contributed by atoms with Crippen molar-refractivity contribution in [1.29, 1.82) is 0 Å². The van der Waals surface area contributed by atoms with Crippen molar-refractivity contribution in [3.05, 3.63) is 0 Å². The number of ether oxygens (including phenoxy) is 16. The lowest BCUT2D eigenvalue weighted by atomic mass is 10.6. The Morgan fingerprint density at radius 3 is 1.11 bits per heavy atom. The molecule has 0 aromatic carbocycles. The van der Waals surface area contributed by atoms with Crippen LogP contribution in [-0.4, -0.2) is 146 Å². The summed E-state index contributed by atoms with van der Waals surface area (Å²) in [5.41, 5.74) is -2.26. The number of carbonyl (C=O) groups is 8. The molecule has 0 aromatic heterocycles. The summed E-state index contributed by atoms with van der Waals surface area (Å²) in [6.45, 7) is -0.358. The largest absolute Gasteiger partial charge is 0.516 e. The molecule has 8 rings (SSSR count). The highest BCUT2D eigenvalue weighted by molar-refractivity contribution is 14.1. The maximum Gasteiger partial charge on any atom is 0.516 e. The average molecular weight is 1160 g/mol. The Labute approximate surface area is 367 Å². The molecule has 61 heavy (non-hydrogen) atoms. The molecule has 9 atom stereocenters. The van der Waals surface area contributed by atoms with E-state index in [0.717, 1.165) is 0 Å². The van der Waals surface area contributed by atoms with Gasteiger partial charge in [0.1, 0.15) is 19.8 Å². The smallest absolute Gasteiger partial charge is 0.429 e. The van der Waals surface area contributed by atoms with Gasteiger partial charge < -0.3 is 75.8 Å². The topological polar surface area (TPSA) is 284 Å². The van der Waals surface area contributed by atoms with Crippen molar-refractivity contribution in [2.75, 3.05) is 33.0 Å². The first kappa shape index (κ1) is 54.7. The van der Waals surface area contributed by atoms with Crippen LogP contribution in [0.5, 0.6) is 0 Å². The van der Waals surface area contributed by atoms with Crippen LogP contribution in [0.15, 0.2) is 0 Å². The van der Waals surface area contributed by atoms with Crippen LogP contribution in [-0.2, 0) is 75.8 Å². The summed E-state index contributed by atoms with van der Waals surface area (Å²) in [6, 6.07) is 0. The van der Waals surface area contributed by atoms with Gasteiger partial charge in [0, 0.05) is 0 Å². The zero-order valence-electron chi connectivity index (χ0n) is 28.4. The summed E-state index contributed by atoms with van der Waals surface area (Å²) in [5, 5.41) is -0.236. The van der Waals surface area contributed by atoms with Gasteiger partial charge in [0.05, 0.1) is 0 Å². The third kappa shape index (κ3) is 24.0. The minimum absolute atomic E-state index is 0.0786. The van der Waals surface area contributed by atoms with E-state index in [1.54, 1.807) is 0 Å². The van der Waals surface area contributed by atoms with Gasteiger partial charge >= 0.3 is 80.5 Å². The molecule has 24 nitrogen and oxygen atoms in total. The molecule has 0 bridgehead atoms.